The zero-order chi connectivity index (χ0) is 20.6. The average molecular weight is 388 g/mol. The second-order valence-corrected chi connectivity index (χ2v) is 6.79. The lowest BCUT2D eigenvalue weighted by Gasteiger charge is -2.16. The zero-order valence-electron chi connectivity index (χ0n) is 16.7. The molecule has 0 saturated heterocycles. The lowest BCUT2D eigenvalue weighted by atomic mass is 10.0. The van der Waals surface area contributed by atoms with E-state index in [-0.39, 0.29) is 12.3 Å². The van der Waals surface area contributed by atoms with Crippen LogP contribution < -0.4 is 14.8 Å². The van der Waals surface area contributed by atoms with E-state index in [2.05, 4.69) is 5.32 Å². The van der Waals surface area contributed by atoms with Gasteiger partial charge in [-0.05, 0) is 41.8 Å². The molecule has 0 aromatic heterocycles. The van der Waals surface area contributed by atoms with Gasteiger partial charge in [-0.25, -0.2) is 0 Å². The predicted molar refractivity (Wildman–Crippen MR) is 113 cm³/mol. The molecular weight excluding hydrogens is 364 g/mol. The summed E-state index contributed by atoms with van der Waals surface area (Å²) in [4.78, 5) is 11.8. The summed E-state index contributed by atoms with van der Waals surface area (Å²) in [5.74, 6) is 1.29. The van der Waals surface area contributed by atoms with Crippen LogP contribution in [0.2, 0.25) is 0 Å². The molecule has 3 aromatic rings. The molecule has 5 heteroatoms. The minimum absolute atomic E-state index is 0.162. The molecule has 0 aliphatic carbocycles. The molecule has 5 nitrogen and oxygen atoms in total. The first-order chi connectivity index (χ1) is 14.1. The molecule has 0 unspecified atom stereocenters. The average Bonchev–Trinajstić information content (AvgIpc) is 2.72. The van der Waals surface area contributed by atoms with E-state index in [1.165, 1.54) is 0 Å². The molecule has 29 heavy (non-hydrogen) atoms. The lowest BCUT2D eigenvalue weighted by molar-refractivity contribution is -0.120. The topological polar surface area (TPSA) is 71.3 Å². The largest absolute Gasteiger partial charge is 0.490 e. The van der Waals surface area contributed by atoms with Gasteiger partial charge >= 0.3 is 0 Å². The summed E-state index contributed by atoms with van der Waals surface area (Å²) >= 11 is 0. The highest BCUT2D eigenvalue weighted by atomic mass is 16.5. The smallest absolute Gasteiger partial charge is 0.234 e. The fraction of sp³-hybridized carbons (Fsp3) is 0.250. The number of para-hydroxylation sites is 1. The second-order valence-electron chi connectivity index (χ2n) is 6.79. The van der Waals surface area contributed by atoms with Crippen molar-refractivity contribution in [3.05, 3.63) is 71.3 Å². The minimum atomic E-state index is -0.301. The van der Waals surface area contributed by atoms with E-state index >= 15 is 0 Å². The number of carbonyl (C=O) groups is 1. The van der Waals surface area contributed by atoms with Crippen LogP contribution in [0.3, 0.4) is 0 Å². The van der Waals surface area contributed by atoms with Crippen molar-refractivity contribution in [3.8, 4) is 17.6 Å². The van der Waals surface area contributed by atoms with Crippen molar-refractivity contribution in [1.29, 1.82) is 5.26 Å². The van der Waals surface area contributed by atoms with Crippen molar-refractivity contribution >= 4 is 16.7 Å². The molecule has 0 saturated carbocycles. The molecule has 0 fully saturated rings. The van der Waals surface area contributed by atoms with Crippen molar-refractivity contribution in [2.24, 2.45) is 0 Å². The number of hydrogen-bond donors (Lipinski definition) is 1. The van der Waals surface area contributed by atoms with Gasteiger partial charge in [0.05, 0.1) is 6.07 Å². The predicted octanol–water partition coefficient (Wildman–Crippen LogP) is 4.44. The quantitative estimate of drug-likeness (QED) is 0.579. The number of rotatable bonds is 8. The van der Waals surface area contributed by atoms with Crippen molar-refractivity contribution in [3.63, 3.8) is 0 Å². The normalized spacial score (nSPS) is 10.4. The highest BCUT2D eigenvalue weighted by Crippen LogP contribution is 2.28. The Bertz CT molecular complexity index is 1030. The van der Waals surface area contributed by atoms with E-state index in [1.54, 1.807) is 0 Å². The number of nitriles is 1. The number of hydrogen-bond acceptors (Lipinski definition) is 4. The van der Waals surface area contributed by atoms with Crippen LogP contribution in [-0.4, -0.2) is 19.1 Å². The summed E-state index contributed by atoms with van der Waals surface area (Å²) in [7, 11) is 0. The van der Waals surface area contributed by atoms with E-state index in [9.17, 15) is 4.79 Å². The molecule has 1 N–H and O–H groups in total. The van der Waals surface area contributed by atoms with Crippen LogP contribution in [-0.2, 0) is 11.3 Å². The fourth-order valence-electron chi connectivity index (χ4n) is 3.28. The molecule has 1 amide bonds. The fourth-order valence-corrected chi connectivity index (χ4v) is 3.28. The Hall–Kier alpha value is -3.52. The number of amides is 1. The molecule has 0 spiro atoms. The first-order valence-corrected chi connectivity index (χ1v) is 9.56. The van der Waals surface area contributed by atoms with E-state index in [0.29, 0.717) is 25.5 Å². The van der Waals surface area contributed by atoms with E-state index < -0.39 is 0 Å². The van der Waals surface area contributed by atoms with Gasteiger partial charge in [-0.15, -0.1) is 0 Å². The molecule has 3 aromatic carbocycles. The van der Waals surface area contributed by atoms with Crippen LogP contribution in [0.25, 0.3) is 10.8 Å². The molecule has 0 heterocycles. The van der Waals surface area contributed by atoms with E-state index in [1.807, 2.05) is 74.5 Å². The molecule has 0 aliphatic rings. The van der Waals surface area contributed by atoms with Crippen molar-refractivity contribution in [2.45, 2.75) is 26.8 Å². The number of fused-ring (bicyclic) bond motifs is 1. The third-order valence-corrected chi connectivity index (χ3v) is 4.70. The molecular formula is C24H24N2O3. The summed E-state index contributed by atoms with van der Waals surface area (Å²) in [5, 5.41) is 13.6. The summed E-state index contributed by atoms with van der Waals surface area (Å²) in [6.07, 6.45) is -0.162. The SMILES string of the molecule is Cc1cccc(C)c1OCCOc1ccc2ccccc2c1CNC(=O)CC#N. The van der Waals surface area contributed by atoms with Crippen molar-refractivity contribution < 1.29 is 14.3 Å². The Labute approximate surface area is 170 Å². The second kappa shape index (κ2) is 9.61. The standard InChI is InChI=1S/C24H24N2O3/c1-17-6-5-7-18(2)24(17)29-15-14-28-22-11-10-19-8-3-4-9-20(19)21(22)16-26-23(27)12-13-25/h3-11H,12,14-16H2,1-2H3,(H,26,27). The lowest BCUT2D eigenvalue weighted by Crippen LogP contribution is -2.22. The molecule has 0 aliphatic heterocycles. The van der Waals surface area contributed by atoms with E-state index in [0.717, 1.165) is 33.2 Å². The summed E-state index contributed by atoms with van der Waals surface area (Å²) < 4.78 is 11.9. The molecule has 0 radical (unpaired) electrons. The summed E-state index contributed by atoms with van der Waals surface area (Å²) in [5.41, 5.74) is 3.08. The van der Waals surface area contributed by atoms with Gasteiger partial charge in [-0.1, -0.05) is 48.5 Å². The maximum absolute atomic E-state index is 11.8. The van der Waals surface area contributed by atoms with Crippen LogP contribution in [0.5, 0.6) is 11.5 Å². The van der Waals surface area contributed by atoms with Gasteiger partial charge in [0.25, 0.3) is 0 Å². The van der Waals surface area contributed by atoms with Crippen LogP contribution in [0, 0.1) is 25.2 Å². The zero-order valence-corrected chi connectivity index (χ0v) is 16.7. The van der Waals surface area contributed by atoms with Crippen LogP contribution in [0.4, 0.5) is 0 Å². The Kier molecular flexibility index (Phi) is 6.70. The molecule has 148 valence electrons. The van der Waals surface area contributed by atoms with Gasteiger partial charge < -0.3 is 14.8 Å². The third kappa shape index (κ3) is 5.05. The Morgan fingerprint density at radius 1 is 0.966 bits per heavy atom. The number of carbonyl (C=O) groups excluding carboxylic acids is 1. The maximum Gasteiger partial charge on any atom is 0.234 e. The first kappa shape index (κ1) is 20.2. The highest BCUT2D eigenvalue weighted by molar-refractivity contribution is 5.88. The van der Waals surface area contributed by atoms with Gasteiger partial charge in [-0.3, -0.25) is 4.79 Å². The van der Waals surface area contributed by atoms with Gasteiger partial charge in [0.15, 0.2) is 0 Å². The maximum atomic E-state index is 11.8. The number of ether oxygens (including phenoxy) is 2. The number of benzene rings is 3. The van der Waals surface area contributed by atoms with Gasteiger partial charge in [0.1, 0.15) is 31.1 Å². The van der Waals surface area contributed by atoms with Crippen LogP contribution in [0.1, 0.15) is 23.1 Å². The number of nitrogens with one attached hydrogen (secondary N) is 1. The van der Waals surface area contributed by atoms with E-state index in [4.69, 9.17) is 14.7 Å². The Morgan fingerprint density at radius 2 is 1.69 bits per heavy atom. The Morgan fingerprint density at radius 3 is 2.45 bits per heavy atom. The highest BCUT2D eigenvalue weighted by Gasteiger charge is 2.11. The molecule has 3 rings (SSSR count). The third-order valence-electron chi connectivity index (χ3n) is 4.70. The summed E-state index contributed by atoms with van der Waals surface area (Å²) in [6, 6.07) is 19.8. The number of aryl methyl sites for hydroxylation is 2. The van der Waals surface area contributed by atoms with Gasteiger partial charge in [0.2, 0.25) is 5.91 Å². The first-order valence-electron chi connectivity index (χ1n) is 9.56. The number of nitrogens with zero attached hydrogens (tertiary/aromatic N) is 1. The molecule has 0 bridgehead atoms. The van der Waals surface area contributed by atoms with Gasteiger partial charge in [-0.2, -0.15) is 5.26 Å². The van der Waals surface area contributed by atoms with Crippen LogP contribution in [0.15, 0.2) is 54.6 Å². The summed E-state index contributed by atoms with van der Waals surface area (Å²) in [6.45, 7) is 5.14. The Balaban J connectivity index is 1.72. The monoisotopic (exact) mass is 388 g/mol. The molecule has 0 atom stereocenters. The van der Waals surface area contributed by atoms with Crippen molar-refractivity contribution in [2.75, 3.05) is 13.2 Å². The van der Waals surface area contributed by atoms with Crippen molar-refractivity contribution in [1.82, 2.24) is 5.32 Å². The van der Waals surface area contributed by atoms with Crippen LogP contribution >= 0.6 is 0 Å². The minimum Gasteiger partial charge on any atom is -0.490 e. The van der Waals surface area contributed by atoms with Gasteiger partial charge in [0, 0.05) is 12.1 Å².